The third kappa shape index (κ3) is 4.80. The molecule has 0 aromatic carbocycles. The molecule has 0 saturated carbocycles. The molecule has 0 saturated heterocycles. The second kappa shape index (κ2) is 4.53. The van der Waals surface area contributed by atoms with E-state index in [1.807, 2.05) is 21.1 Å². The summed E-state index contributed by atoms with van der Waals surface area (Å²) < 4.78 is 0.751. The minimum Gasteiger partial charge on any atom is -0.330 e. The number of Topliss-reactive ketones (excluding diaryl/α,β-unsaturated/α-hetero) is 1. The molecule has 0 spiro atoms. The van der Waals surface area contributed by atoms with Crippen LogP contribution in [0.25, 0.3) is 0 Å². The number of nitrogens with zero attached hydrogens (tertiary/aromatic N) is 1. The van der Waals surface area contributed by atoms with E-state index >= 15 is 0 Å². The van der Waals surface area contributed by atoms with Crippen LogP contribution in [0.1, 0.15) is 6.92 Å². The van der Waals surface area contributed by atoms with Gasteiger partial charge in [-0.2, -0.15) is 0 Å². The van der Waals surface area contributed by atoms with Crippen molar-refractivity contribution in [3.8, 4) is 0 Å². The Morgan fingerprint density at radius 1 is 1.46 bits per heavy atom. The van der Waals surface area contributed by atoms with E-state index in [0.717, 1.165) is 11.0 Å². The van der Waals surface area contributed by atoms with Gasteiger partial charge in [-0.05, 0) is 12.5 Å². The standard InChI is InChI=1S/C10H21N2O/c1-8(2)10(13)9(6-11)7-12(3,4)5/h9H,1,6-7,11H2,2-5H3/q+1. The molecule has 0 amide bonds. The van der Waals surface area contributed by atoms with Gasteiger partial charge in [0.05, 0.1) is 33.6 Å². The van der Waals surface area contributed by atoms with Gasteiger partial charge in [0.2, 0.25) is 0 Å². The molecule has 0 radical (unpaired) electrons. The molecule has 0 heterocycles. The van der Waals surface area contributed by atoms with Gasteiger partial charge in [0.15, 0.2) is 5.78 Å². The highest BCUT2D eigenvalue weighted by molar-refractivity contribution is 5.96. The molecule has 0 aliphatic rings. The van der Waals surface area contributed by atoms with E-state index < -0.39 is 0 Å². The summed E-state index contributed by atoms with van der Waals surface area (Å²) in [4.78, 5) is 11.6. The number of ketones is 1. The smallest absolute Gasteiger partial charge is 0.167 e. The topological polar surface area (TPSA) is 43.1 Å². The zero-order valence-corrected chi connectivity index (χ0v) is 9.13. The molecule has 0 aliphatic heterocycles. The van der Waals surface area contributed by atoms with E-state index in [1.54, 1.807) is 6.92 Å². The van der Waals surface area contributed by atoms with Crippen LogP contribution >= 0.6 is 0 Å². The summed E-state index contributed by atoms with van der Waals surface area (Å²) in [6.45, 7) is 6.55. The fourth-order valence-electron chi connectivity index (χ4n) is 1.27. The lowest BCUT2D eigenvalue weighted by atomic mass is 9.98. The highest BCUT2D eigenvalue weighted by Gasteiger charge is 2.23. The van der Waals surface area contributed by atoms with Crippen LogP contribution in [-0.2, 0) is 4.79 Å². The normalized spacial score (nSPS) is 13.9. The van der Waals surface area contributed by atoms with Crippen molar-refractivity contribution in [2.75, 3.05) is 34.2 Å². The second-order valence-corrected chi connectivity index (χ2v) is 4.55. The number of hydrogen-bond acceptors (Lipinski definition) is 2. The van der Waals surface area contributed by atoms with Gasteiger partial charge in [-0.3, -0.25) is 4.79 Å². The van der Waals surface area contributed by atoms with Gasteiger partial charge in [-0.25, -0.2) is 0 Å². The predicted octanol–water partition coefficient (Wildman–Crippen LogP) is 0.413. The Morgan fingerprint density at radius 3 is 2.15 bits per heavy atom. The lowest BCUT2D eigenvalue weighted by molar-refractivity contribution is -0.872. The SMILES string of the molecule is C=C(C)C(=O)C(CN)C[N+](C)(C)C. The monoisotopic (exact) mass is 185 g/mol. The molecule has 0 rings (SSSR count). The Kier molecular flexibility index (Phi) is 4.30. The Bertz CT molecular complexity index is 203. The number of quaternary nitrogens is 1. The first kappa shape index (κ1) is 12.3. The lowest BCUT2D eigenvalue weighted by Crippen LogP contribution is -2.44. The first-order valence-corrected chi connectivity index (χ1v) is 4.48. The largest absolute Gasteiger partial charge is 0.330 e. The molecule has 13 heavy (non-hydrogen) atoms. The van der Waals surface area contributed by atoms with Crippen molar-refractivity contribution in [2.45, 2.75) is 6.92 Å². The zero-order valence-electron chi connectivity index (χ0n) is 9.13. The van der Waals surface area contributed by atoms with Crippen LogP contribution in [0.3, 0.4) is 0 Å². The maximum Gasteiger partial charge on any atom is 0.167 e. The van der Waals surface area contributed by atoms with Crippen LogP contribution in [-0.4, -0.2) is 44.5 Å². The molecule has 0 aromatic rings. The summed E-state index contributed by atoms with van der Waals surface area (Å²) in [6, 6.07) is 0. The maximum absolute atomic E-state index is 11.6. The quantitative estimate of drug-likeness (QED) is 0.498. The third-order valence-electron chi connectivity index (χ3n) is 1.84. The number of hydrogen-bond donors (Lipinski definition) is 1. The maximum atomic E-state index is 11.6. The van der Waals surface area contributed by atoms with Crippen LogP contribution in [0.15, 0.2) is 12.2 Å². The van der Waals surface area contributed by atoms with Gasteiger partial charge >= 0.3 is 0 Å². The van der Waals surface area contributed by atoms with Crippen LogP contribution in [0.4, 0.5) is 0 Å². The number of rotatable bonds is 5. The lowest BCUT2D eigenvalue weighted by Gasteiger charge is -2.28. The van der Waals surface area contributed by atoms with E-state index in [9.17, 15) is 4.79 Å². The molecule has 0 aliphatic carbocycles. The predicted molar refractivity (Wildman–Crippen MR) is 55.3 cm³/mol. The Hall–Kier alpha value is -0.670. The van der Waals surface area contributed by atoms with Gasteiger partial charge < -0.3 is 10.2 Å². The first-order valence-electron chi connectivity index (χ1n) is 4.48. The average molecular weight is 185 g/mol. The molecule has 0 bridgehead atoms. The number of carbonyl (C=O) groups excluding carboxylic acids is 1. The van der Waals surface area contributed by atoms with Crippen LogP contribution in [0.2, 0.25) is 0 Å². The zero-order chi connectivity index (χ0) is 10.6. The van der Waals surface area contributed by atoms with Gasteiger partial charge in [0.25, 0.3) is 0 Å². The van der Waals surface area contributed by atoms with Gasteiger partial charge in [-0.1, -0.05) is 6.58 Å². The highest BCUT2D eigenvalue weighted by Crippen LogP contribution is 2.07. The molecule has 0 fully saturated rings. The fraction of sp³-hybridized carbons (Fsp3) is 0.700. The van der Waals surface area contributed by atoms with Crippen molar-refractivity contribution < 1.29 is 9.28 Å². The van der Waals surface area contributed by atoms with E-state index in [2.05, 4.69) is 6.58 Å². The van der Waals surface area contributed by atoms with Crippen molar-refractivity contribution >= 4 is 5.78 Å². The molecule has 76 valence electrons. The van der Waals surface area contributed by atoms with Gasteiger partial charge in [-0.15, -0.1) is 0 Å². The van der Waals surface area contributed by atoms with Crippen LogP contribution < -0.4 is 5.73 Å². The number of allylic oxidation sites excluding steroid dienone is 1. The Balaban J connectivity index is 4.36. The summed E-state index contributed by atoms with van der Waals surface area (Å²) in [5.74, 6) is 0.00745. The average Bonchev–Trinajstić information content (AvgIpc) is 1.97. The van der Waals surface area contributed by atoms with Gasteiger partial charge in [0.1, 0.15) is 0 Å². The second-order valence-electron chi connectivity index (χ2n) is 4.55. The first-order chi connectivity index (χ1) is 5.78. The minimum atomic E-state index is -0.0856. The van der Waals surface area contributed by atoms with Crippen molar-refractivity contribution in [1.82, 2.24) is 0 Å². The van der Waals surface area contributed by atoms with Crippen molar-refractivity contribution in [2.24, 2.45) is 11.7 Å². The highest BCUT2D eigenvalue weighted by atomic mass is 16.1. The summed E-state index contributed by atoms with van der Waals surface area (Å²) in [7, 11) is 6.15. The van der Waals surface area contributed by atoms with Gasteiger partial charge in [0, 0.05) is 6.54 Å². The molecule has 1 atom stereocenters. The van der Waals surface area contributed by atoms with E-state index in [-0.39, 0.29) is 11.7 Å². The van der Waals surface area contributed by atoms with Crippen molar-refractivity contribution in [3.63, 3.8) is 0 Å². The summed E-state index contributed by atoms with van der Waals surface area (Å²) in [5, 5.41) is 0. The van der Waals surface area contributed by atoms with E-state index in [4.69, 9.17) is 5.73 Å². The summed E-state index contributed by atoms with van der Waals surface area (Å²) in [5.41, 5.74) is 6.15. The molecular formula is C10H21N2O+. The molecule has 2 N–H and O–H groups in total. The molecule has 0 aromatic heterocycles. The number of carbonyl (C=O) groups is 1. The summed E-state index contributed by atoms with van der Waals surface area (Å²) in [6.07, 6.45) is 0. The Morgan fingerprint density at radius 2 is 1.92 bits per heavy atom. The molecule has 3 heteroatoms. The minimum absolute atomic E-state index is 0.0856. The van der Waals surface area contributed by atoms with E-state index in [1.165, 1.54) is 0 Å². The van der Waals surface area contributed by atoms with Crippen molar-refractivity contribution in [3.05, 3.63) is 12.2 Å². The van der Waals surface area contributed by atoms with Crippen molar-refractivity contribution in [1.29, 1.82) is 0 Å². The fourth-order valence-corrected chi connectivity index (χ4v) is 1.27. The van der Waals surface area contributed by atoms with Crippen LogP contribution in [0.5, 0.6) is 0 Å². The molecule has 1 unspecified atom stereocenters. The Labute approximate surface area is 80.8 Å². The van der Waals surface area contributed by atoms with Crippen LogP contribution in [0, 0.1) is 5.92 Å². The molecule has 3 nitrogen and oxygen atoms in total. The number of nitrogens with two attached hydrogens (primary N) is 1. The van der Waals surface area contributed by atoms with E-state index in [0.29, 0.717) is 12.1 Å². The molecular weight excluding hydrogens is 164 g/mol. The third-order valence-corrected chi connectivity index (χ3v) is 1.84. The summed E-state index contributed by atoms with van der Waals surface area (Å²) >= 11 is 0.